The topological polar surface area (TPSA) is 64.1 Å². The SMILES string of the molecule is CCc1nccn1-c1nc(CO)co1. The van der Waals surface area contributed by atoms with Gasteiger partial charge in [-0.1, -0.05) is 6.92 Å². The summed E-state index contributed by atoms with van der Waals surface area (Å²) in [6.45, 7) is 1.90. The lowest BCUT2D eigenvalue weighted by atomic mass is 10.4. The predicted octanol–water partition coefficient (Wildman–Crippen LogP) is 0.915. The Morgan fingerprint density at radius 2 is 2.43 bits per heavy atom. The molecule has 0 unspecified atom stereocenters. The van der Waals surface area contributed by atoms with E-state index < -0.39 is 0 Å². The van der Waals surface area contributed by atoms with Gasteiger partial charge in [-0.2, -0.15) is 4.98 Å². The number of aliphatic hydroxyl groups is 1. The van der Waals surface area contributed by atoms with Gasteiger partial charge in [-0.05, 0) is 0 Å². The second-order valence-corrected chi connectivity index (χ2v) is 2.85. The van der Waals surface area contributed by atoms with Crippen LogP contribution in [-0.2, 0) is 13.0 Å². The van der Waals surface area contributed by atoms with E-state index in [1.165, 1.54) is 6.26 Å². The van der Waals surface area contributed by atoms with Crippen LogP contribution >= 0.6 is 0 Å². The van der Waals surface area contributed by atoms with Crippen LogP contribution in [0.15, 0.2) is 23.1 Å². The van der Waals surface area contributed by atoms with Gasteiger partial charge in [0, 0.05) is 18.8 Å². The Bertz CT molecular complexity index is 419. The van der Waals surface area contributed by atoms with Crippen LogP contribution in [0, 0.1) is 0 Å². The van der Waals surface area contributed by atoms with Gasteiger partial charge in [0.1, 0.15) is 17.8 Å². The normalized spacial score (nSPS) is 10.7. The highest BCUT2D eigenvalue weighted by Crippen LogP contribution is 2.10. The molecule has 2 aromatic rings. The molecule has 0 saturated carbocycles. The summed E-state index contributed by atoms with van der Waals surface area (Å²) in [7, 11) is 0. The Kier molecular flexibility index (Phi) is 2.32. The van der Waals surface area contributed by atoms with Gasteiger partial charge in [-0.15, -0.1) is 0 Å². The van der Waals surface area contributed by atoms with Crippen molar-refractivity contribution in [2.75, 3.05) is 0 Å². The summed E-state index contributed by atoms with van der Waals surface area (Å²) in [6.07, 6.45) is 5.73. The molecule has 0 saturated heterocycles. The Morgan fingerprint density at radius 1 is 1.57 bits per heavy atom. The van der Waals surface area contributed by atoms with Gasteiger partial charge < -0.3 is 9.52 Å². The fourth-order valence-electron chi connectivity index (χ4n) is 1.25. The standard InChI is InChI=1S/C9H11N3O2/c1-2-8-10-3-4-12(8)9-11-7(5-13)6-14-9/h3-4,6,13H,2,5H2,1H3. The fourth-order valence-corrected chi connectivity index (χ4v) is 1.25. The van der Waals surface area contributed by atoms with Gasteiger partial charge in [0.25, 0.3) is 0 Å². The van der Waals surface area contributed by atoms with Crippen LogP contribution in [0.1, 0.15) is 18.4 Å². The van der Waals surface area contributed by atoms with E-state index in [4.69, 9.17) is 9.52 Å². The number of oxazole rings is 1. The summed E-state index contributed by atoms with van der Waals surface area (Å²) in [6, 6.07) is 0.448. The van der Waals surface area contributed by atoms with Gasteiger partial charge in [0.05, 0.1) is 6.61 Å². The molecule has 5 nitrogen and oxygen atoms in total. The van der Waals surface area contributed by atoms with E-state index in [9.17, 15) is 0 Å². The molecule has 5 heteroatoms. The van der Waals surface area contributed by atoms with E-state index in [2.05, 4.69) is 9.97 Å². The van der Waals surface area contributed by atoms with Crippen LogP contribution in [-0.4, -0.2) is 19.6 Å². The van der Waals surface area contributed by atoms with Crippen molar-refractivity contribution in [3.63, 3.8) is 0 Å². The van der Waals surface area contributed by atoms with Gasteiger partial charge in [0.15, 0.2) is 0 Å². The zero-order valence-corrected chi connectivity index (χ0v) is 7.84. The van der Waals surface area contributed by atoms with E-state index in [0.717, 1.165) is 12.2 Å². The van der Waals surface area contributed by atoms with E-state index in [1.54, 1.807) is 17.0 Å². The zero-order valence-electron chi connectivity index (χ0n) is 7.84. The van der Waals surface area contributed by atoms with E-state index >= 15 is 0 Å². The highest BCUT2D eigenvalue weighted by molar-refractivity contribution is 5.14. The van der Waals surface area contributed by atoms with Crippen LogP contribution in [0.2, 0.25) is 0 Å². The first-order valence-electron chi connectivity index (χ1n) is 4.43. The van der Waals surface area contributed by atoms with Crippen molar-refractivity contribution in [3.8, 4) is 6.01 Å². The Labute approximate surface area is 81.0 Å². The maximum Gasteiger partial charge on any atom is 0.307 e. The predicted molar refractivity (Wildman–Crippen MR) is 48.9 cm³/mol. The number of hydrogen-bond acceptors (Lipinski definition) is 4. The van der Waals surface area contributed by atoms with Crippen LogP contribution in [0.5, 0.6) is 0 Å². The third-order valence-electron chi connectivity index (χ3n) is 1.94. The van der Waals surface area contributed by atoms with Crippen molar-refractivity contribution >= 4 is 0 Å². The van der Waals surface area contributed by atoms with Crippen LogP contribution < -0.4 is 0 Å². The Balaban J connectivity index is 2.38. The number of rotatable bonds is 3. The van der Waals surface area contributed by atoms with E-state index in [1.807, 2.05) is 6.92 Å². The summed E-state index contributed by atoms with van der Waals surface area (Å²) in [5.74, 6) is 0.885. The molecule has 14 heavy (non-hydrogen) atoms. The highest BCUT2D eigenvalue weighted by Gasteiger charge is 2.08. The molecule has 0 aromatic carbocycles. The van der Waals surface area contributed by atoms with Crippen molar-refractivity contribution in [1.29, 1.82) is 0 Å². The molecule has 0 aliphatic carbocycles. The molecule has 0 aliphatic rings. The molecule has 0 aliphatic heterocycles. The fraction of sp³-hybridized carbons (Fsp3) is 0.333. The third-order valence-corrected chi connectivity index (χ3v) is 1.94. The molecule has 0 fully saturated rings. The smallest absolute Gasteiger partial charge is 0.307 e. The first-order valence-corrected chi connectivity index (χ1v) is 4.43. The van der Waals surface area contributed by atoms with E-state index in [-0.39, 0.29) is 6.61 Å². The molecule has 0 amide bonds. The number of aromatic nitrogens is 3. The minimum Gasteiger partial charge on any atom is -0.431 e. The summed E-state index contributed by atoms with van der Waals surface area (Å²) in [5.41, 5.74) is 0.524. The number of imidazole rings is 1. The first kappa shape index (κ1) is 8.96. The molecule has 74 valence electrons. The molecule has 2 rings (SSSR count). The number of aliphatic hydroxyl groups excluding tert-OH is 1. The molecular weight excluding hydrogens is 182 g/mol. The molecule has 0 bridgehead atoms. The highest BCUT2D eigenvalue weighted by atomic mass is 16.4. The molecule has 0 atom stereocenters. The lowest BCUT2D eigenvalue weighted by molar-refractivity contribution is 0.276. The minimum absolute atomic E-state index is 0.111. The van der Waals surface area contributed by atoms with Gasteiger partial charge in [-0.3, -0.25) is 4.57 Å². The second-order valence-electron chi connectivity index (χ2n) is 2.85. The summed E-state index contributed by atoms with van der Waals surface area (Å²) < 4.78 is 6.96. The summed E-state index contributed by atoms with van der Waals surface area (Å²) >= 11 is 0. The van der Waals surface area contributed by atoms with Crippen LogP contribution in [0.3, 0.4) is 0 Å². The quantitative estimate of drug-likeness (QED) is 0.787. The largest absolute Gasteiger partial charge is 0.431 e. The molecular formula is C9H11N3O2. The molecule has 0 spiro atoms. The molecule has 2 heterocycles. The maximum absolute atomic E-state index is 8.83. The average Bonchev–Trinajstić information content (AvgIpc) is 2.85. The molecule has 1 N–H and O–H groups in total. The van der Waals surface area contributed by atoms with Gasteiger partial charge >= 0.3 is 6.01 Å². The van der Waals surface area contributed by atoms with E-state index in [0.29, 0.717) is 11.7 Å². The average molecular weight is 193 g/mol. The number of hydrogen-bond donors (Lipinski definition) is 1. The monoisotopic (exact) mass is 193 g/mol. The second kappa shape index (κ2) is 3.63. The first-order chi connectivity index (χ1) is 6.85. The summed E-state index contributed by atoms with van der Waals surface area (Å²) in [4.78, 5) is 8.23. The third kappa shape index (κ3) is 1.42. The molecule has 2 aromatic heterocycles. The van der Waals surface area contributed by atoms with Crippen molar-refractivity contribution < 1.29 is 9.52 Å². The number of aryl methyl sites for hydroxylation is 1. The van der Waals surface area contributed by atoms with Gasteiger partial charge in [0.2, 0.25) is 0 Å². The van der Waals surface area contributed by atoms with Gasteiger partial charge in [-0.25, -0.2) is 4.98 Å². The van der Waals surface area contributed by atoms with Crippen molar-refractivity contribution in [3.05, 3.63) is 30.2 Å². The lowest BCUT2D eigenvalue weighted by Crippen LogP contribution is -1.99. The minimum atomic E-state index is -0.111. The number of nitrogens with zero attached hydrogens (tertiary/aromatic N) is 3. The summed E-state index contributed by atoms with van der Waals surface area (Å²) in [5, 5.41) is 8.83. The van der Waals surface area contributed by atoms with Crippen LogP contribution in [0.25, 0.3) is 6.01 Å². The Hall–Kier alpha value is -1.62. The molecule has 0 radical (unpaired) electrons. The zero-order chi connectivity index (χ0) is 9.97. The van der Waals surface area contributed by atoms with Crippen molar-refractivity contribution in [2.45, 2.75) is 20.0 Å². The van der Waals surface area contributed by atoms with Crippen molar-refractivity contribution in [2.24, 2.45) is 0 Å². The lowest BCUT2D eigenvalue weighted by Gasteiger charge is -1.98. The Morgan fingerprint density at radius 3 is 3.07 bits per heavy atom. The van der Waals surface area contributed by atoms with Crippen molar-refractivity contribution in [1.82, 2.24) is 14.5 Å². The maximum atomic E-state index is 8.83. The van der Waals surface area contributed by atoms with Crippen LogP contribution in [0.4, 0.5) is 0 Å².